The van der Waals surface area contributed by atoms with E-state index in [2.05, 4.69) is 21.7 Å². The average Bonchev–Trinajstić information content (AvgIpc) is 3.33. The Labute approximate surface area is 190 Å². The number of rotatable bonds is 4. The second-order valence-electron chi connectivity index (χ2n) is 9.16. The van der Waals surface area contributed by atoms with Gasteiger partial charge in [-0.1, -0.05) is 12.1 Å². The van der Waals surface area contributed by atoms with E-state index in [1.165, 1.54) is 0 Å². The zero-order valence-electron chi connectivity index (χ0n) is 19.0. The maximum atomic E-state index is 13.4. The maximum absolute atomic E-state index is 13.4. The third-order valence-electron chi connectivity index (χ3n) is 6.81. The van der Waals surface area contributed by atoms with Crippen molar-refractivity contribution in [3.63, 3.8) is 0 Å². The molecule has 3 aliphatic rings. The molecule has 8 nitrogen and oxygen atoms in total. The lowest BCUT2D eigenvalue weighted by atomic mass is 10.1. The number of hydrogen-bond acceptors (Lipinski definition) is 7. The smallest absolute Gasteiger partial charge is 0.243 e. The minimum absolute atomic E-state index is 0.334. The van der Waals surface area contributed by atoms with Gasteiger partial charge in [0.2, 0.25) is 16.0 Å². The number of piperazine rings is 1. The molecule has 0 atom stereocenters. The summed E-state index contributed by atoms with van der Waals surface area (Å²) in [6.45, 7) is 8.48. The summed E-state index contributed by atoms with van der Waals surface area (Å²) in [5.74, 6) is 1.74. The van der Waals surface area contributed by atoms with Gasteiger partial charge in [-0.3, -0.25) is 0 Å². The van der Waals surface area contributed by atoms with Crippen molar-refractivity contribution in [2.75, 3.05) is 62.7 Å². The van der Waals surface area contributed by atoms with Crippen LogP contribution < -0.4 is 9.80 Å². The Kier molecular flexibility index (Phi) is 5.81. The summed E-state index contributed by atoms with van der Waals surface area (Å²) in [5, 5.41) is 0. The monoisotopic (exact) mass is 456 g/mol. The molecular formula is C23H32N6O2S. The molecule has 0 bridgehead atoms. The van der Waals surface area contributed by atoms with E-state index in [9.17, 15) is 8.42 Å². The van der Waals surface area contributed by atoms with Crippen LogP contribution in [0.4, 0.5) is 11.8 Å². The Morgan fingerprint density at radius 1 is 0.906 bits per heavy atom. The van der Waals surface area contributed by atoms with Crippen molar-refractivity contribution in [3.05, 3.63) is 41.1 Å². The number of aromatic nitrogens is 2. The zero-order valence-corrected chi connectivity index (χ0v) is 19.8. The molecule has 5 rings (SSSR count). The molecule has 2 saturated heterocycles. The lowest BCUT2D eigenvalue weighted by molar-refractivity contribution is 0.310. The second-order valence-corrected chi connectivity index (χ2v) is 11.1. The molecule has 0 saturated carbocycles. The molecule has 32 heavy (non-hydrogen) atoms. The highest BCUT2D eigenvalue weighted by atomic mass is 32.2. The molecule has 0 aliphatic carbocycles. The quantitative estimate of drug-likeness (QED) is 0.696. The molecule has 1 aromatic heterocycles. The first-order valence-electron chi connectivity index (χ1n) is 11.6. The number of fused-ring (bicyclic) bond motifs is 1. The first-order valence-corrected chi connectivity index (χ1v) is 13.0. The van der Waals surface area contributed by atoms with Gasteiger partial charge in [0.25, 0.3) is 0 Å². The maximum Gasteiger partial charge on any atom is 0.243 e. The topological polar surface area (TPSA) is 72.9 Å². The van der Waals surface area contributed by atoms with E-state index in [-0.39, 0.29) is 0 Å². The molecule has 1 aromatic carbocycles. The molecule has 0 unspecified atom stereocenters. The third-order valence-corrected chi connectivity index (χ3v) is 8.65. The Morgan fingerprint density at radius 2 is 1.66 bits per heavy atom. The molecular weight excluding hydrogens is 424 g/mol. The van der Waals surface area contributed by atoms with Crippen molar-refractivity contribution in [2.45, 2.75) is 37.6 Å². The van der Waals surface area contributed by atoms with Crippen molar-refractivity contribution in [3.8, 4) is 0 Å². The molecule has 2 fully saturated rings. The van der Waals surface area contributed by atoms with Gasteiger partial charge in [-0.25, -0.2) is 13.4 Å². The minimum Gasteiger partial charge on any atom is -0.356 e. The van der Waals surface area contributed by atoms with Crippen LogP contribution in [0.15, 0.2) is 29.2 Å². The molecule has 0 radical (unpaired) electrons. The molecule has 4 heterocycles. The SMILES string of the molecule is Cc1cccc(S(=O)(=O)N2CCc3nc(N4CCN(C)CC4)nc(N4CCCC4)c3C2)c1. The Hall–Kier alpha value is -2.23. The van der Waals surface area contributed by atoms with E-state index in [0.29, 0.717) is 24.4 Å². The number of likely N-dealkylation sites (N-methyl/N-ethyl adjacent to an activating group) is 1. The van der Waals surface area contributed by atoms with Gasteiger partial charge in [-0.05, 0) is 44.5 Å². The number of anilines is 2. The molecule has 3 aliphatic heterocycles. The van der Waals surface area contributed by atoms with Gasteiger partial charge in [0.15, 0.2) is 0 Å². The van der Waals surface area contributed by atoms with Gasteiger partial charge in [-0.2, -0.15) is 9.29 Å². The Morgan fingerprint density at radius 3 is 2.38 bits per heavy atom. The number of sulfonamides is 1. The summed E-state index contributed by atoms with van der Waals surface area (Å²) in [4.78, 5) is 17.2. The average molecular weight is 457 g/mol. The van der Waals surface area contributed by atoms with Crippen LogP contribution >= 0.6 is 0 Å². The summed E-state index contributed by atoms with van der Waals surface area (Å²) in [6, 6.07) is 7.16. The van der Waals surface area contributed by atoms with E-state index in [1.54, 1.807) is 22.5 Å². The molecule has 0 N–H and O–H groups in total. The lowest BCUT2D eigenvalue weighted by Crippen LogP contribution is -2.45. The molecule has 2 aromatic rings. The van der Waals surface area contributed by atoms with Crippen LogP contribution in [0.1, 0.15) is 29.7 Å². The predicted molar refractivity (Wildman–Crippen MR) is 126 cm³/mol. The highest BCUT2D eigenvalue weighted by Gasteiger charge is 2.33. The number of hydrogen-bond donors (Lipinski definition) is 0. The van der Waals surface area contributed by atoms with Crippen molar-refractivity contribution >= 4 is 21.8 Å². The highest BCUT2D eigenvalue weighted by molar-refractivity contribution is 7.89. The van der Waals surface area contributed by atoms with Crippen molar-refractivity contribution < 1.29 is 8.42 Å². The number of aryl methyl sites for hydroxylation is 1. The first kappa shape index (κ1) is 21.6. The Bertz CT molecular complexity index is 1090. The van der Waals surface area contributed by atoms with Crippen LogP contribution in [0, 0.1) is 6.92 Å². The largest absolute Gasteiger partial charge is 0.356 e. The van der Waals surface area contributed by atoms with Crippen LogP contribution in [-0.4, -0.2) is 80.5 Å². The van der Waals surface area contributed by atoms with Crippen LogP contribution in [0.3, 0.4) is 0 Å². The van der Waals surface area contributed by atoms with E-state index >= 15 is 0 Å². The van der Waals surface area contributed by atoms with E-state index in [1.807, 2.05) is 13.0 Å². The van der Waals surface area contributed by atoms with Gasteiger partial charge >= 0.3 is 0 Å². The molecule has 0 amide bonds. The van der Waals surface area contributed by atoms with Crippen LogP contribution in [0.2, 0.25) is 0 Å². The van der Waals surface area contributed by atoms with Gasteiger partial charge in [0.05, 0.1) is 10.6 Å². The van der Waals surface area contributed by atoms with Crippen molar-refractivity contribution in [1.82, 2.24) is 19.2 Å². The summed E-state index contributed by atoms with van der Waals surface area (Å²) < 4.78 is 28.4. The van der Waals surface area contributed by atoms with E-state index in [0.717, 1.165) is 80.7 Å². The predicted octanol–water partition coefficient (Wildman–Crippen LogP) is 1.88. The van der Waals surface area contributed by atoms with E-state index in [4.69, 9.17) is 9.97 Å². The molecule has 0 spiro atoms. The summed E-state index contributed by atoms with van der Waals surface area (Å²) in [5.41, 5.74) is 2.93. The van der Waals surface area contributed by atoms with Gasteiger partial charge in [0, 0.05) is 64.3 Å². The highest BCUT2D eigenvalue weighted by Crippen LogP contribution is 2.33. The van der Waals surface area contributed by atoms with Crippen molar-refractivity contribution in [1.29, 1.82) is 0 Å². The van der Waals surface area contributed by atoms with Gasteiger partial charge in [0.1, 0.15) is 5.82 Å². The van der Waals surface area contributed by atoms with Gasteiger partial charge < -0.3 is 14.7 Å². The molecule has 9 heteroatoms. The van der Waals surface area contributed by atoms with Crippen molar-refractivity contribution in [2.24, 2.45) is 0 Å². The Balaban J connectivity index is 1.49. The first-order chi connectivity index (χ1) is 15.4. The summed E-state index contributed by atoms with van der Waals surface area (Å²) >= 11 is 0. The number of nitrogens with zero attached hydrogens (tertiary/aromatic N) is 6. The second kappa shape index (κ2) is 8.61. The minimum atomic E-state index is -3.56. The van der Waals surface area contributed by atoms with Crippen LogP contribution in [0.5, 0.6) is 0 Å². The molecule has 172 valence electrons. The summed E-state index contributed by atoms with van der Waals surface area (Å²) in [7, 11) is -1.42. The number of benzene rings is 1. The normalized spacial score (nSPS) is 20.6. The summed E-state index contributed by atoms with van der Waals surface area (Å²) in [6.07, 6.45) is 2.91. The third kappa shape index (κ3) is 4.09. The van der Waals surface area contributed by atoms with Crippen LogP contribution in [0.25, 0.3) is 0 Å². The standard InChI is InChI=1S/C23H32N6O2S/c1-18-6-5-7-19(16-18)32(30,31)29-11-8-21-20(17-29)22(27-9-3-4-10-27)25-23(24-21)28-14-12-26(2)13-15-28/h5-7,16H,3-4,8-15,17H2,1-2H3. The van der Waals surface area contributed by atoms with Gasteiger partial charge in [-0.15, -0.1) is 0 Å². The zero-order chi connectivity index (χ0) is 22.3. The lowest BCUT2D eigenvalue weighted by Gasteiger charge is -2.35. The fourth-order valence-electron chi connectivity index (χ4n) is 4.83. The van der Waals surface area contributed by atoms with E-state index < -0.39 is 10.0 Å². The fourth-order valence-corrected chi connectivity index (χ4v) is 6.34. The fraction of sp³-hybridized carbons (Fsp3) is 0.565. The van der Waals surface area contributed by atoms with Crippen LogP contribution in [-0.2, 0) is 23.0 Å².